The molecule has 0 aliphatic carbocycles. The second-order valence-corrected chi connectivity index (χ2v) is 4.72. The Bertz CT molecular complexity index is 408. The maximum absolute atomic E-state index is 10.9. The number of carboxylic acid groups (broad SMARTS) is 1. The summed E-state index contributed by atoms with van der Waals surface area (Å²) in [6.45, 7) is 0.604. The van der Waals surface area contributed by atoms with Crippen LogP contribution in [0.25, 0.3) is 0 Å². The Morgan fingerprint density at radius 2 is 2.31 bits per heavy atom. The fourth-order valence-corrected chi connectivity index (χ4v) is 2.48. The first kappa shape index (κ1) is 11.4. The van der Waals surface area contributed by atoms with Gasteiger partial charge in [-0.2, -0.15) is 0 Å². The summed E-state index contributed by atoms with van der Waals surface area (Å²) in [7, 11) is 1.95. The Morgan fingerprint density at radius 1 is 1.56 bits per heavy atom. The lowest BCUT2D eigenvalue weighted by molar-refractivity contribution is -0.141. The molecule has 0 aromatic heterocycles. The highest BCUT2D eigenvalue weighted by Gasteiger charge is 2.34. The number of hydrogen-bond acceptors (Lipinski definition) is 2. The van der Waals surface area contributed by atoms with Gasteiger partial charge in [-0.1, -0.05) is 23.7 Å². The third-order valence-corrected chi connectivity index (χ3v) is 3.37. The van der Waals surface area contributed by atoms with Crippen molar-refractivity contribution in [1.82, 2.24) is 4.90 Å². The molecule has 0 bridgehead atoms. The molecule has 3 nitrogen and oxygen atoms in total. The summed E-state index contributed by atoms with van der Waals surface area (Å²) in [5.74, 6) is -0.981. The standard InChI is InChI=1S/C12H14ClNO2/c1-14-7-9(12(15)16)6-11(14)8-3-2-4-10(13)5-8/h2-5,9,11H,6-7H2,1H3,(H,15,16)/t9-,11+/m0/s1. The maximum Gasteiger partial charge on any atom is 0.307 e. The zero-order valence-corrected chi connectivity index (χ0v) is 9.81. The summed E-state index contributed by atoms with van der Waals surface area (Å²) < 4.78 is 0. The minimum atomic E-state index is -0.712. The van der Waals surface area contributed by atoms with Crippen molar-refractivity contribution in [3.63, 3.8) is 0 Å². The van der Waals surface area contributed by atoms with Crippen LogP contribution in [0.4, 0.5) is 0 Å². The highest BCUT2D eigenvalue weighted by atomic mass is 35.5. The fraction of sp³-hybridized carbons (Fsp3) is 0.417. The molecule has 1 aromatic carbocycles. The van der Waals surface area contributed by atoms with E-state index < -0.39 is 5.97 Å². The van der Waals surface area contributed by atoms with Crippen molar-refractivity contribution in [1.29, 1.82) is 0 Å². The van der Waals surface area contributed by atoms with Crippen LogP contribution in [0, 0.1) is 5.92 Å². The highest BCUT2D eigenvalue weighted by Crippen LogP contribution is 2.34. The molecule has 1 saturated heterocycles. The van der Waals surface area contributed by atoms with Crippen molar-refractivity contribution in [2.75, 3.05) is 13.6 Å². The lowest BCUT2D eigenvalue weighted by Crippen LogP contribution is -2.20. The van der Waals surface area contributed by atoms with E-state index in [1.807, 2.05) is 31.3 Å². The summed E-state index contributed by atoms with van der Waals surface area (Å²) in [6, 6.07) is 7.80. The molecule has 1 aromatic rings. The second-order valence-electron chi connectivity index (χ2n) is 4.28. The Kier molecular flexibility index (Phi) is 3.17. The van der Waals surface area contributed by atoms with Gasteiger partial charge in [0.15, 0.2) is 0 Å². The Balaban J connectivity index is 2.19. The Labute approximate surface area is 99.6 Å². The molecule has 2 atom stereocenters. The van der Waals surface area contributed by atoms with Crippen molar-refractivity contribution >= 4 is 17.6 Å². The maximum atomic E-state index is 10.9. The van der Waals surface area contributed by atoms with Gasteiger partial charge in [-0.15, -0.1) is 0 Å². The third kappa shape index (κ3) is 2.20. The smallest absolute Gasteiger partial charge is 0.307 e. The van der Waals surface area contributed by atoms with Crippen molar-refractivity contribution in [3.8, 4) is 0 Å². The summed E-state index contributed by atoms with van der Waals surface area (Å²) in [5.41, 5.74) is 1.10. The number of hydrogen-bond donors (Lipinski definition) is 1. The molecule has 0 saturated carbocycles. The number of rotatable bonds is 2. The van der Waals surface area contributed by atoms with E-state index in [0.717, 1.165) is 5.56 Å². The number of carbonyl (C=O) groups is 1. The van der Waals surface area contributed by atoms with Crippen LogP contribution in [0.15, 0.2) is 24.3 Å². The molecule has 1 fully saturated rings. The summed E-state index contributed by atoms with van der Waals surface area (Å²) >= 11 is 5.94. The van der Waals surface area contributed by atoms with Gasteiger partial charge in [0.05, 0.1) is 5.92 Å². The number of likely N-dealkylation sites (tertiary alicyclic amines) is 1. The number of aliphatic carboxylic acids is 1. The molecular formula is C12H14ClNO2. The zero-order valence-electron chi connectivity index (χ0n) is 9.06. The number of nitrogens with zero attached hydrogens (tertiary/aromatic N) is 1. The van der Waals surface area contributed by atoms with Crippen LogP contribution in [0.5, 0.6) is 0 Å². The average Bonchev–Trinajstić information content (AvgIpc) is 2.60. The first-order valence-electron chi connectivity index (χ1n) is 5.26. The molecule has 1 aliphatic rings. The lowest BCUT2D eigenvalue weighted by atomic mass is 10.00. The molecule has 1 aliphatic heterocycles. The van der Waals surface area contributed by atoms with Crippen molar-refractivity contribution < 1.29 is 9.90 Å². The minimum absolute atomic E-state index is 0.166. The molecular weight excluding hydrogens is 226 g/mol. The molecule has 1 heterocycles. The predicted octanol–water partition coefficient (Wildman–Crippen LogP) is 2.42. The quantitative estimate of drug-likeness (QED) is 0.862. The van der Waals surface area contributed by atoms with Gasteiger partial charge in [-0.05, 0) is 31.2 Å². The number of halogens is 1. The van der Waals surface area contributed by atoms with Crippen LogP contribution in [-0.2, 0) is 4.79 Å². The number of carboxylic acids is 1. The number of benzene rings is 1. The van der Waals surface area contributed by atoms with Gasteiger partial charge in [0.2, 0.25) is 0 Å². The summed E-state index contributed by atoms with van der Waals surface area (Å²) in [5, 5.41) is 9.70. The topological polar surface area (TPSA) is 40.5 Å². The molecule has 0 amide bonds. The van der Waals surface area contributed by atoms with Crippen LogP contribution in [-0.4, -0.2) is 29.6 Å². The Morgan fingerprint density at radius 3 is 2.88 bits per heavy atom. The zero-order chi connectivity index (χ0) is 11.7. The summed E-state index contributed by atoms with van der Waals surface area (Å²) in [4.78, 5) is 13.0. The molecule has 0 unspecified atom stereocenters. The minimum Gasteiger partial charge on any atom is -0.481 e. The first-order chi connectivity index (χ1) is 7.58. The SMILES string of the molecule is CN1C[C@@H](C(=O)O)C[C@@H]1c1cccc(Cl)c1. The van der Waals surface area contributed by atoms with E-state index in [-0.39, 0.29) is 12.0 Å². The molecule has 0 radical (unpaired) electrons. The molecule has 0 spiro atoms. The van der Waals surface area contributed by atoms with E-state index in [9.17, 15) is 4.79 Å². The highest BCUT2D eigenvalue weighted by molar-refractivity contribution is 6.30. The Hall–Kier alpha value is -1.06. The van der Waals surface area contributed by atoms with Crippen LogP contribution in [0.2, 0.25) is 5.02 Å². The largest absolute Gasteiger partial charge is 0.481 e. The van der Waals surface area contributed by atoms with E-state index in [1.54, 1.807) is 0 Å². The van der Waals surface area contributed by atoms with Gasteiger partial charge in [0, 0.05) is 17.6 Å². The van der Waals surface area contributed by atoms with Crippen LogP contribution in [0.1, 0.15) is 18.0 Å². The van der Waals surface area contributed by atoms with Crippen LogP contribution in [0.3, 0.4) is 0 Å². The molecule has 4 heteroatoms. The van der Waals surface area contributed by atoms with Crippen molar-refractivity contribution in [2.45, 2.75) is 12.5 Å². The van der Waals surface area contributed by atoms with Gasteiger partial charge < -0.3 is 5.11 Å². The van der Waals surface area contributed by atoms with E-state index >= 15 is 0 Å². The van der Waals surface area contributed by atoms with Gasteiger partial charge >= 0.3 is 5.97 Å². The molecule has 1 N–H and O–H groups in total. The normalized spacial score (nSPS) is 25.9. The molecule has 16 heavy (non-hydrogen) atoms. The van der Waals surface area contributed by atoms with E-state index in [2.05, 4.69) is 4.90 Å². The second kappa shape index (κ2) is 4.44. The molecule has 2 rings (SSSR count). The monoisotopic (exact) mass is 239 g/mol. The van der Waals surface area contributed by atoms with Gasteiger partial charge in [-0.3, -0.25) is 9.69 Å². The third-order valence-electron chi connectivity index (χ3n) is 3.13. The van der Waals surface area contributed by atoms with Crippen molar-refractivity contribution in [3.05, 3.63) is 34.9 Å². The lowest BCUT2D eigenvalue weighted by Gasteiger charge is -2.19. The van der Waals surface area contributed by atoms with E-state index in [1.165, 1.54) is 0 Å². The predicted molar refractivity (Wildman–Crippen MR) is 62.6 cm³/mol. The summed E-state index contributed by atoms with van der Waals surface area (Å²) in [6.07, 6.45) is 0.659. The van der Waals surface area contributed by atoms with E-state index in [0.29, 0.717) is 18.0 Å². The van der Waals surface area contributed by atoms with Crippen LogP contribution < -0.4 is 0 Å². The van der Waals surface area contributed by atoms with Crippen molar-refractivity contribution in [2.24, 2.45) is 5.92 Å². The van der Waals surface area contributed by atoms with Gasteiger partial charge in [-0.25, -0.2) is 0 Å². The van der Waals surface area contributed by atoms with Gasteiger partial charge in [0.25, 0.3) is 0 Å². The van der Waals surface area contributed by atoms with Crippen LogP contribution >= 0.6 is 11.6 Å². The molecule has 86 valence electrons. The van der Waals surface area contributed by atoms with Gasteiger partial charge in [0.1, 0.15) is 0 Å². The fourth-order valence-electron chi connectivity index (χ4n) is 2.28. The average molecular weight is 240 g/mol. The first-order valence-corrected chi connectivity index (χ1v) is 5.64. The van der Waals surface area contributed by atoms with E-state index in [4.69, 9.17) is 16.7 Å².